The molecule has 0 unspecified atom stereocenters. The molecular formula is C9H7F3N6S2. The lowest BCUT2D eigenvalue weighted by Gasteiger charge is -1.99. The van der Waals surface area contributed by atoms with Gasteiger partial charge in [0, 0.05) is 6.54 Å². The smallest absolute Gasteiger partial charge is 0.325 e. The molecule has 0 fully saturated rings. The fourth-order valence-corrected chi connectivity index (χ4v) is 3.53. The quantitative estimate of drug-likeness (QED) is 0.782. The van der Waals surface area contributed by atoms with E-state index in [0.29, 0.717) is 25.1 Å². The summed E-state index contributed by atoms with van der Waals surface area (Å²) < 4.78 is 38.9. The summed E-state index contributed by atoms with van der Waals surface area (Å²) in [5, 5.41) is 11.7. The van der Waals surface area contributed by atoms with E-state index in [2.05, 4.69) is 20.3 Å². The molecule has 0 saturated heterocycles. The highest BCUT2D eigenvalue weighted by atomic mass is 32.1. The summed E-state index contributed by atoms with van der Waals surface area (Å²) >= 11 is 2.35. The highest BCUT2D eigenvalue weighted by Crippen LogP contribution is 2.35. The number of rotatable bonds is 2. The third-order valence-electron chi connectivity index (χ3n) is 2.45. The van der Waals surface area contributed by atoms with Gasteiger partial charge in [0.1, 0.15) is 5.01 Å². The first kappa shape index (κ1) is 13.4. The van der Waals surface area contributed by atoms with Crippen molar-refractivity contribution in [3.63, 3.8) is 0 Å². The lowest BCUT2D eigenvalue weighted by Crippen LogP contribution is -2.11. The van der Waals surface area contributed by atoms with E-state index >= 15 is 0 Å². The number of aryl methyl sites for hydroxylation is 1. The molecule has 0 spiro atoms. The molecule has 2 N–H and O–H groups in total. The van der Waals surface area contributed by atoms with Crippen LogP contribution in [0.5, 0.6) is 0 Å². The maximum Gasteiger partial charge on any atom is 0.453 e. The van der Waals surface area contributed by atoms with Gasteiger partial charge in [-0.1, -0.05) is 11.3 Å². The van der Waals surface area contributed by atoms with Crippen molar-refractivity contribution in [2.75, 3.05) is 0 Å². The van der Waals surface area contributed by atoms with Gasteiger partial charge in [-0.25, -0.2) is 4.98 Å². The SMILES string of the molecule is Cc1nc(CN)sc1-c1nn2c(C(F)(F)F)nnc2s1. The number of fused-ring (bicyclic) bond motifs is 1. The van der Waals surface area contributed by atoms with E-state index in [1.807, 2.05) is 0 Å². The Morgan fingerprint density at radius 1 is 1.25 bits per heavy atom. The second-order valence-electron chi connectivity index (χ2n) is 3.85. The minimum Gasteiger partial charge on any atom is -0.325 e. The van der Waals surface area contributed by atoms with E-state index in [0.717, 1.165) is 11.3 Å². The maximum absolute atomic E-state index is 12.7. The Kier molecular flexibility index (Phi) is 2.99. The summed E-state index contributed by atoms with van der Waals surface area (Å²) in [6, 6.07) is 0. The molecule has 3 aromatic heterocycles. The molecule has 0 aliphatic carbocycles. The first-order valence-corrected chi connectivity index (χ1v) is 6.99. The number of nitrogens with zero attached hydrogens (tertiary/aromatic N) is 5. The van der Waals surface area contributed by atoms with Gasteiger partial charge in [0.2, 0.25) is 4.96 Å². The Hall–Kier alpha value is -1.59. The number of halogens is 3. The van der Waals surface area contributed by atoms with Crippen LogP contribution in [0.15, 0.2) is 0 Å². The molecule has 0 aromatic carbocycles. The average Bonchev–Trinajstić information content (AvgIpc) is 2.98. The first-order chi connectivity index (χ1) is 9.40. The first-order valence-electron chi connectivity index (χ1n) is 5.36. The fraction of sp³-hybridized carbons (Fsp3) is 0.333. The zero-order valence-electron chi connectivity index (χ0n) is 9.97. The van der Waals surface area contributed by atoms with Gasteiger partial charge in [0.05, 0.1) is 10.6 Å². The molecule has 0 amide bonds. The summed E-state index contributed by atoms with van der Waals surface area (Å²) in [6.45, 7) is 2.04. The van der Waals surface area contributed by atoms with E-state index in [1.54, 1.807) is 6.92 Å². The minimum atomic E-state index is -4.59. The van der Waals surface area contributed by atoms with Gasteiger partial charge in [-0.3, -0.25) is 0 Å². The minimum absolute atomic E-state index is 0.0921. The van der Waals surface area contributed by atoms with Gasteiger partial charge >= 0.3 is 6.18 Å². The molecule has 0 radical (unpaired) electrons. The van der Waals surface area contributed by atoms with Crippen LogP contribution >= 0.6 is 22.7 Å². The molecular weight excluding hydrogens is 313 g/mol. The van der Waals surface area contributed by atoms with Crippen molar-refractivity contribution in [3.8, 4) is 9.88 Å². The van der Waals surface area contributed by atoms with E-state index in [1.165, 1.54) is 11.3 Å². The molecule has 0 bridgehead atoms. The van der Waals surface area contributed by atoms with Crippen molar-refractivity contribution in [2.24, 2.45) is 5.73 Å². The van der Waals surface area contributed by atoms with Crippen molar-refractivity contribution >= 4 is 27.6 Å². The van der Waals surface area contributed by atoms with Crippen LogP contribution in [0.4, 0.5) is 13.2 Å². The van der Waals surface area contributed by atoms with Crippen molar-refractivity contribution in [1.29, 1.82) is 0 Å². The number of alkyl halides is 3. The maximum atomic E-state index is 12.7. The van der Waals surface area contributed by atoms with Gasteiger partial charge in [0.25, 0.3) is 5.82 Å². The molecule has 0 aliphatic heterocycles. The van der Waals surface area contributed by atoms with Crippen LogP contribution in [-0.4, -0.2) is 24.8 Å². The molecule has 20 heavy (non-hydrogen) atoms. The zero-order chi connectivity index (χ0) is 14.5. The van der Waals surface area contributed by atoms with Crippen LogP contribution in [0, 0.1) is 6.92 Å². The summed E-state index contributed by atoms with van der Waals surface area (Å²) in [5.41, 5.74) is 6.19. The Labute approximate surface area is 118 Å². The zero-order valence-corrected chi connectivity index (χ0v) is 11.6. The molecule has 3 aromatic rings. The van der Waals surface area contributed by atoms with E-state index in [9.17, 15) is 13.2 Å². The van der Waals surface area contributed by atoms with Crippen LogP contribution < -0.4 is 5.73 Å². The van der Waals surface area contributed by atoms with Gasteiger partial charge < -0.3 is 5.73 Å². The second kappa shape index (κ2) is 4.46. The molecule has 3 rings (SSSR count). The number of thiazole rings is 1. The number of hydrogen-bond acceptors (Lipinski definition) is 7. The number of hydrogen-bond donors (Lipinski definition) is 1. The van der Waals surface area contributed by atoms with Crippen LogP contribution in [0.1, 0.15) is 16.5 Å². The summed E-state index contributed by atoms with van der Waals surface area (Å²) in [6.07, 6.45) is -4.59. The average molecular weight is 320 g/mol. The van der Waals surface area contributed by atoms with Crippen molar-refractivity contribution in [2.45, 2.75) is 19.6 Å². The van der Waals surface area contributed by atoms with Crippen LogP contribution in [0.2, 0.25) is 0 Å². The predicted molar refractivity (Wildman–Crippen MR) is 67.4 cm³/mol. The standard InChI is InChI=1S/C9H7F3N6S2/c1-3-5(19-4(2-13)14-3)6-17-18-7(9(10,11)12)15-16-8(18)20-6/h2,13H2,1H3. The van der Waals surface area contributed by atoms with Crippen LogP contribution in [-0.2, 0) is 12.7 Å². The van der Waals surface area contributed by atoms with Crippen molar-refractivity contribution < 1.29 is 13.2 Å². The van der Waals surface area contributed by atoms with Crippen molar-refractivity contribution in [3.05, 3.63) is 16.5 Å². The van der Waals surface area contributed by atoms with Gasteiger partial charge in [-0.05, 0) is 6.92 Å². The third-order valence-corrected chi connectivity index (χ3v) is 4.69. The van der Waals surface area contributed by atoms with E-state index in [4.69, 9.17) is 5.73 Å². The highest BCUT2D eigenvalue weighted by molar-refractivity contribution is 7.24. The summed E-state index contributed by atoms with van der Waals surface area (Å²) in [5.74, 6) is -1.13. The van der Waals surface area contributed by atoms with Crippen LogP contribution in [0.3, 0.4) is 0 Å². The molecule has 0 atom stereocenters. The second-order valence-corrected chi connectivity index (χ2v) is 5.89. The van der Waals surface area contributed by atoms with Gasteiger partial charge in [-0.2, -0.15) is 22.8 Å². The van der Waals surface area contributed by atoms with E-state index in [-0.39, 0.29) is 11.5 Å². The fourth-order valence-electron chi connectivity index (χ4n) is 1.62. The third kappa shape index (κ3) is 2.07. The molecule has 0 saturated carbocycles. The number of aromatic nitrogens is 5. The lowest BCUT2D eigenvalue weighted by atomic mass is 10.4. The highest BCUT2D eigenvalue weighted by Gasteiger charge is 2.38. The van der Waals surface area contributed by atoms with Crippen LogP contribution in [0.25, 0.3) is 14.8 Å². The summed E-state index contributed by atoms with van der Waals surface area (Å²) in [4.78, 5) is 5.02. The number of nitrogens with two attached hydrogens (primary N) is 1. The normalized spacial score (nSPS) is 12.4. The predicted octanol–water partition coefficient (Wildman–Crippen LogP) is 2.10. The Morgan fingerprint density at radius 3 is 2.60 bits per heavy atom. The molecule has 106 valence electrons. The topological polar surface area (TPSA) is 82.0 Å². The van der Waals surface area contributed by atoms with Gasteiger partial charge in [0.15, 0.2) is 5.01 Å². The molecule has 6 nitrogen and oxygen atoms in total. The van der Waals surface area contributed by atoms with E-state index < -0.39 is 12.0 Å². The monoisotopic (exact) mass is 320 g/mol. The molecule has 11 heteroatoms. The summed E-state index contributed by atoms with van der Waals surface area (Å²) in [7, 11) is 0. The Balaban J connectivity index is 2.13. The Bertz CT molecular complexity index is 770. The van der Waals surface area contributed by atoms with Gasteiger partial charge in [-0.15, -0.1) is 21.5 Å². The largest absolute Gasteiger partial charge is 0.453 e. The Morgan fingerprint density at radius 2 is 2.00 bits per heavy atom. The van der Waals surface area contributed by atoms with Crippen molar-refractivity contribution in [1.82, 2.24) is 24.8 Å². The molecule has 3 heterocycles. The lowest BCUT2D eigenvalue weighted by molar-refractivity contribution is -0.146. The molecule has 0 aliphatic rings.